The number of nitrogens with one attached hydrogen (secondary N) is 1. The first-order chi connectivity index (χ1) is 9.20. The van der Waals surface area contributed by atoms with Crippen LogP contribution in [0.3, 0.4) is 0 Å². The molecule has 1 unspecified atom stereocenters. The van der Waals surface area contributed by atoms with Gasteiger partial charge in [0.05, 0.1) is 6.04 Å². The third-order valence-corrected chi connectivity index (χ3v) is 4.58. The highest BCUT2D eigenvalue weighted by Gasteiger charge is 2.31. The van der Waals surface area contributed by atoms with Crippen molar-refractivity contribution in [2.24, 2.45) is 5.92 Å². The van der Waals surface area contributed by atoms with Crippen LogP contribution in [-0.2, 0) is 4.79 Å². The first-order valence-corrected chi connectivity index (χ1v) is 7.91. The summed E-state index contributed by atoms with van der Waals surface area (Å²) in [4.78, 5) is 16.7. The smallest absolute Gasteiger partial charge is 0.239 e. The minimum Gasteiger partial charge on any atom is -0.341 e. The van der Waals surface area contributed by atoms with Gasteiger partial charge in [0, 0.05) is 13.1 Å². The second kappa shape index (κ2) is 7.25. The largest absolute Gasteiger partial charge is 0.341 e. The summed E-state index contributed by atoms with van der Waals surface area (Å²) >= 11 is 0. The zero-order valence-electron chi connectivity index (χ0n) is 12.5. The summed E-state index contributed by atoms with van der Waals surface area (Å²) in [5.74, 6) is 1.16. The van der Waals surface area contributed by atoms with Crippen LogP contribution in [-0.4, -0.2) is 61.5 Å². The van der Waals surface area contributed by atoms with E-state index in [1.165, 1.54) is 32.4 Å². The van der Waals surface area contributed by atoms with Gasteiger partial charge in [-0.05, 0) is 64.7 Å². The van der Waals surface area contributed by atoms with Crippen LogP contribution in [0.4, 0.5) is 0 Å². The van der Waals surface area contributed by atoms with Crippen LogP contribution in [0.2, 0.25) is 0 Å². The lowest BCUT2D eigenvalue weighted by molar-refractivity contribution is -0.129. The Hall–Kier alpha value is -0.610. The van der Waals surface area contributed by atoms with Crippen LogP contribution in [0, 0.1) is 5.92 Å². The predicted molar refractivity (Wildman–Crippen MR) is 78.1 cm³/mol. The molecule has 1 atom stereocenters. The van der Waals surface area contributed by atoms with Crippen molar-refractivity contribution in [2.45, 2.75) is 45.1 Å². The highest BCUT2D eigenvalue weighted by molar-refractivity contribution is 5.83. The molecular formula is C15H29N3O. The van der Waals surface area contributed by atoms with E-state index in [-0.39, 0.29) is 6.04 Å². The summed E-state index contributed by atoms with van der Waals surface area (Å²) < 4.78 is 0. The van der Waals surface area contributed by atoms with E-state index in [4.69, 9.17) is 0 Å². The molecule has 2 fully saturated rings. The van der Waals surface area contributed by atoms with Gasteiger partial charge in [-0.15, -0.1) is 0 Å². The van der Waals surface area contributed by atoms with Gasteiger partial charge in [0.2, 0.25) is 5.91 Å². The van der Waals surface area contributed by atoms with Gasteiger partial charge in [-0.3, -0.25) is 4.79 Å². The van der Waals surface area contributed by atoms with E-state index in [0.29, 0.717) is 5.91 Å². The molecule has 2 heterocycles. The van der Waals surface area contributed by atoms with Crippen molar-refractivity contribution in [2.75, 3.05) is 39.8 Å². The summed E-state index contributed by atoms with van der Waals surface area (Å²) in [6, 6.07) is 0.0949. The third-order valence-electron chi connectivity index (χ3n) is 4.58. The normalized spacial score (nSPS) is 26.3. The fourth-order valence-corrected chi connectivity index (χ4v) is 3.16. The predicted octanol–water partition coefficient (Wildman–Crippen LogP) is 1.32. The molecular weight excluding hydrogens is 238 g/mol. The topological polar surface area (TPSA) is 35.6 Å². The lowest BCUT2D eigenvalue weighted by Crippen LogP contribution is -2.39. The van der Waals surface area contributed by atoms with E-state index in [2.05, 4.69) is 29.1 Å². The minimum atomic E-state index is 0.0949. The molecule has 2 aliphatic rings. The Labute approximate surface area is 117 Å². The molecule has 0 bridgehead atoms. The summed E-state index contributed by atoms with van der Waals surface area (Å²) in [5.41, 5.74) is 0. The summed E-state index contributed by atoms with van der Waals surface area (Å²) in [7, 11) is 2.20. The highest BCUT2D eigenvalue weighted by atomic mass is 16.2. The maximum atomic E-state index is 12.2. The van der Waals surface area contributed by atoms with Crippen molar-refractivity contribution >= 4 is 5.91 Å². The van der Waals surface area contributed by atoms with Crippen molar-refractivity contribution < 1.29 is 4.79 Å². The zero-order valence-corrected chi connectivity index (χ0v) is 12.5. The van der Waals surface area contributed by atoms with E-state index in [9.17, 15) is 4.79 Å². The van der Waals surface area contributed by atoms with E-state index >= 15 is 0 Å². The van der Waals surface area contributed by atoms with Gasteiger partial charge in [0.1, 0.15) is 0 Å². The van der Waals surface area contributed by atoms with Crippen LogP contribution in [0.1, 0.15) is 39.0 Å². The van der Waals surface area contributed by atoms with Crippen LogP contribution in [0.5, 0.6) is 0 Å². The monoisotopic (exact) mass is 267 g/mol. The standard InChI is InChI=1S/C15H29N3O/c1-3-8-16-14-7-12-18(15(14)19)11-6-13-4-9-17(2)10-5-13/h13-14,16H,3-12H2,1-2H3. The first kappa shape index (κ1) is 14.8. The lowest BCUT2D eigenvalue weighted by atomic mass is 9.94. The molecule has 0 spiro atoms. The molecule has 110 valence electrons. The molecule has 0 aliphatic carbocycles. The molecule has 2 rings (SSSR count). The van der Waals surface area contributed by atoms with Crippen molar-refractivity contribution in [3.8, 4) is 0 Å². The number of rotatable bonds is 6. The van der Waals surface area contributed by atoms with E-state index in [1.807, 2.05) is 0 Å². The van der Waals surface area contributed by atoms with Gasteiger partial charge in [0.25, 0.3) is 0 Å². The van der Waals surface area contributed by atoms with E-state index < -0.39 is 0 Å². The van der Waals surface area contributed by atoms with Crippen molar-refractivity contribution in [3.63, 3.8) is 0 Å². The minimum absolute atomic E-state index is 0.0949. The van der Waals surface area contributed by atoms with Gasteiger partial charge >= 0.3 is 0 Å². The molecule has 4 nitrogen and oxygen atoms in total. The Bertz CT molecular complexity index is 287. The molecule has 0 aromatic heterocycles. The number of hydrogen-bond acceptors (Lipinski definition) is 3. The average Bonchev–Trinajstić information content (AvgIpc) is 2.77. The quantitative estimate of drug-likeness (QED) is 0.788. The number of carbonyl (C=O) groups excluding carboxylic acids is 1. The zero-order chi connectivity index (χ0) is 13.7. The van der Waals surface area contributed by atoms with Crippen molar-refractivity contribution in [1.82, 2.24) is 15.1 Å². The lowest BCUT2D eigenvalue weighted by Gasteiger charge is -2.30. The molecule has 19 heavy (non-hydrogen) atoms. The summed E-state index contributed by atoms with van der Waals surface area (Å²) in [6.07, 6.45) is 5.89. The molecule has 1 N–H and O–H groups in total. The number of carbonyl (C=O) groups is 1. The second-order valence-corrected chi connectivity index (χ2v) is 6.16. The fourth-order valence-electron chi connectivity index (χ4n) is 3.16. The molecule has 0 saturated carbocycles. The van der Waals surface area contributed by atoms with Crippen molar-refractivity contribution in [1.29, 1.82) is 0 Å². The molecule has 1 amide bonds. The molecule has 0 aromatic rings. The molecule has 4 heteroatoms. The fraction of sp³-hybridized carbons (Fsp3) is 0.933. The Morgan fingerprint density at radius 2 is 1.95 bits per heavy atom. The van der Waals surface area contributed by atoms with E-state index in [1.54, 1.807) is 0 Å². The Balaban J connectivity index is 1.68. The number of nitrogens with zero attached hydrogens (tertiary/aromatic N) is 2. The third kappa shape index (κ3) is 4.18. The van der Waals surface area contributed by atoms with Gasteiger partial charge < -0.3 is 15.1 Å². The first-order valence-electron chi connectivity index (χ1n) is 7.91. The second-order valence-electron chi connectivity index (χ2n) is 6.16. The van der Waals surface area contributed by atoms with Crippen LogP contribution < -0.4 is 5.32 Å². The van der Waals surface area contributed by atoms with Gasteiger partial charge in [-0.1, -0.05) is 6.92 Å². The number of likely N-dealkylation sites (tertiary alicyclic amines) is 2. The van der Waals surface area contributed by atoms with Gasteiger partial charge in [-0.25, -0.2) is 0 Å². The Morgan fingerprint density at radius 3 is 2.63 bits per heavy atom. The maximum absolute atomic E-state index is 12.2. The average molecular weight is 267 g/mol. The van der Waals surface area contributed by atoms with Gasteiger partial charge in [0.15, 0.2) is 0 Å². The molecule has 0 aromatic carbocycles. The van der Waals surface area contributed by atoms with Crippen LogP contribution >= 0.6 is 0 Å². The van der Waals surface area contributed by atoms with Gasteiger partial charge in [-0.2, -0.15) is 0 Å². The molecule has 2 aliphatic heterocycles. The number of amides is 1. The van der Waals surface area contributed by atoms with Crippen LogP contribution in [0.25, 0.3) is 0 Å². The summed E-state index contributed by atoms with van der Waals surface area (Å²) in [6.45, 7) is 7.46. The number of piperidine rings is 1. The molecule has 2 saturated heterocycles. The maximum Gasteiger partial charge on any atom is 0.239 e. The SMILES string of the molecule is CCCNC1CCN(CCC2CCN(C)CC2)C1=O. The Kier molecular flexibility index (Phi) is 5.64. The number of hydrogen-bond donors (Lipinski definition) is 1. The van der Waals surface area contributed by atoms with E-state index in [0.717, 1.165) is 38.4 Å². The molecule has 0 radical (unpaired) electrons. The van der Waals surface area contributed by atoms with Crippen molar-refractivity contribution in [3.05, 3.63) is 0 Å². The summed E-state index contributed by atoms with van der Waals surface area (Å²) in [5, 5.41) is 3.36. The van der Waals surface area contributed by atoms with Crippen LogP contribution in [0.15, 0.2) is 0 Å². The highest BCUT2D eigenvalue weighted by Crippen LogP contribution is 2.21. The Morgan fingerprint density at radius 1 is 1.21 bits per heavy atom.